The number of carbonyl (C=O) groups is 1. The number of carbonyl (C=O) groups excluding carboxylic acids is 1. The highest BCUT2D eigenvalue weighted by Crippen LogP contribution is 2.18. The molecule has 28 heavy (non-hydrogen) atoms. The van der Waals surface area contributed by atoms with Crippen molar-refractivity contribution < 1.29 is 13.9 Å². The summed E-state index contributed by atoms with van der Waals surface area (Å²) in [6.07, 6.45) is 3.33. The van der Waals surface area contributed by atoms with Crippen molar-refractivity contribution in [3.8, 4) is 5.75 Å². The Morgan fingerprint density at radius 1 is 1.14 bits per heavy atom. The molecule has 0 spiro atoms. The van der Waals surface area contributed by atoms with Crippen LogP contribution in [-0.2, 0) is 13.1 Å². The Balaban J connectivity index is 2.05. The van der Waals surface area contributed by atoms with E-state index in [1.165, 1.54) is 11.8 Å². The van der Waals surface area contributed by atoms with Gasteiger partial charge in [-0.25, -0.2) is 4.98 Å². The van der Waals surface area contributed by atoms with Gasteiger partial charge >= 0.3 is 0 Å². The molecule has 0 bridgehead atoms. The number of amides is 1. The molecule has 2 rings (SSSR count). The predicted octanol–water partition coefficient (Wildman–Crippen LogP) is 4.40. The molecule has 6 heteroatoms. The first kappa shape index (κ1) is 22.0. The number of hydrogen-bond donors (Lipinski definition) is 1. The molecule has 0 fully saturated rings. The summed E-state index contributed by atoms with van der Waals surface area (Å²) in [5.41, 5.74) is 1.53. The van der Waals surface area contributed by atoms with Gasteiger partial charge in [-0.2, -0.15) is 0 Å². The van der Waals surface area contributed by atoms with E-state index in [1.54, 1.807) is 0 Å². The molecule has 2 aromatic rings. The minimum absolute atomic E-state index is 0.115. The highest BCUT2D eigenvalue weighted by atomic mass is 16.5. The lowest BCUT2D eigenvalue weighted by atomic mass is 10.1. The number of ether oxygens (including phenoxy) is 1. The first-order valence-electron chi connectivity index (χ1n) is 10.2. The van der Waals surface area contributed by atoms with Crippen LogP contribution in [0.25, 0.3) is 0 Å². The number of aromatic nitrogens is 1. The summed E-state index contributed by atoms with van der Waals surface area (Å²) in [6.45, 7) is 12.3. The van der Waals surface area contributed by atoms with Gasteiger partial charge in [0.1, 0.15) is 12.0 Å². The van der Waals surface area contributed by atoms with Crippen molar-refractivity contribution in [3.05, 3.63) is 47.7 Å². The van der Waals surface area contributed by atoms with Gasteiger partial charge in [-0.1, -0.05) is 26.0 Å². The summed E-state index contributed by atoms with van der Waals surface area (Å²) >= 11 is 0. The number of benzene rings is 1. The minimum Gasteiger partial charge on any atom is -0.494 e. The SMILES string of the molecule is CCOc1ccc(CN(Cc2nc(C(=O)N[C@@H](C)CC)co2)[C@H](C)CC)cc1. The zero-order chi connectivity index (χ0) is 20.5. The number of rotatable bonds is 11. The largest absolute Gasteiger partial charge is 0.494 e. The van der Waals surface area contributed by atoms with Gasteiger partial charge in [-0.3, -0.25) is 9.69 Å². The normalized spacial score (nSPS) is 13.4. The first-order chi connectivity index (χ1) is 13.5. The average molecular weight is 388 g/mol. The van der Waals surface area contributed by atoms with E-state index in [4.69, 9.17) is 9.15 Å². The maximum absolute atomic E-state index is 12.2. The zero-order valence-electron chi connectivity index (χ0n) is 17.7. The molecule has 2 atom stereocenters. The van der Waals surface area contributed by atoms with Gasteiger partial charge in [-0.15, -0.1) is 0 Å². The molecule has 154 valence electrons. The Labute approximate surface area is 168 Å². The molecule has 1 aromatic heterocycles. The van der Waals surface area contributed by atoms with Crippen molar-refractivity contribution in [2.45, 2.75) is 72.6 Å². The van der Waals surface area contributed by atoms with Crippen LogP contribution in [0.5, 0.6) is 5.75 Å². The van der Waals surface area contributed by atoms with E-state index in [0.29, 0.717) is 30.8 Å². The highest BCUT2D eigenvalue weighted by molar-refractivity contribution is 5.92. The van der Waals surface area contributed by atoms with E-state index >= 15 is 0 Å². The highest BCUT2D eigenvalue weighted by Gasteiger charge is 2.19. The van der Waals surface area contributed by atoms with Crippen LogP contribution in [0.4, 0.5) is 0 Å². The molecule has 1 aromatic carbocycles. The Hall–Kier alpha value is -2.34. The lowest BCUT2D eigenvalue weighted by Gasteiger charge is -2.27. The van der Waals surface area contributed by atoms with Crippen molar-refractivity contribution in [2.75, 3.05) is 6.61 Å². The van der Waals surface area contributed by atoms with Gasteiger partial charge in [0.2, 0.25) is 5.89 Å². The van der Waals surface area contributed by atoms with Crippen LogP contribution in [0, 0.1) is 0 Å². The number of nitrogens with one attached hydrogen (secondary N) is 1. The molecule has 1 heterocycles. The summed E-state index contributed by atoms with van der Waals surface area (Å²) in [5.74, 6) is 1.25. The third-order valence-corrected chi connectivity index (χ3v) is 4.95. The molecule has 1 amide bonds. The fraction of sp³-hybridized carbons (Fsp3) is 0.545. The zero-order valence-corrected chi connectivity index (χ0v) is 17.7. The third-order valence-electron chi connectivity index (χ3n) is 4.95. The van der Waals surface area contributed by atoms with Crippen LogP contribution in [0.2, 0.25) is 0 Å². The summed E-state index contributed by atoms with van der Waals surface area (Å²) in [4.78, 5) is 18.9. The predicted molar refractivity (Wildman–Crippen MR) is 110 cm³/mol. The molecule has 0 saturated heterocycles. The molecule has 1 N–H and O–H groups in total. The van der Waals surface area contributed by atoms with E-state index in [2.05, 4.69) is 41.2 Å². The van der Waals surface area contributed by atoms with Crippen LogP contribution in [0.3, 0.4) is 0 Å². The van der Waals surface area contributed by atoms with Crippen LogP contribution < -0.4 is 10.1 Å². The molecule has 0 aliphatic rings. The van der Waals surface area contributed by atoms with Crippen molar-refractivity contribution in [1.29, 1.82) is 0 Å². The lowest BCUT2D eigenvalue weighted by Crippen LogP contribution is -2.33. The smallest absolute Gasteiger partial charge is 0.273 e. The molecule has 0 radical (unpaired) electrons. The quantitative estimate of drug-likeness (QED) is 0.619. The van der Waals surface area contributed by atoms with Crippen molar-refractivity contribution >= 4 is 5.91 Å². The van der Waals surface area contributed by atoms with Gasteiger partial charge < -0.3 is 14.5 Å². The first-order valence-corrected chi connectivity index (χ1v) is 10.2. The fourth-order valence-corrected chi connectivity index (χ4v) is 2.78. The van der Waals surface area contributed by atoms with E-state index in [9.17, 15) is 4.79 Å². The average Bonchev–Trinajstić information content (AvgIpc) is 3.17. The number of nitrogens with zero attached hydrogens (tertiary/aromatic N) is 2. The van der Waals surface area contributed by atoms with E-state index in [1.807, 2.05) is 32.9 Å². The second-order valence-electron chi connectivity index (χ2n) is 7.15. The van der Waals surface area contributed by atoms with E-state index < -0.39 is 0 Å². The molecule has 0 saturated carbocycles. The lowest BCUT2D eigenvalue weighted by molar-refractivity contribution is 0.0934. The van der Waals surface area contributed by atoms with Crippen molar-refractivity contribution in [1.82, 2.24) is 15.2 Å². The van der Waals surface area contributed by atoms with Crippen LogP contribution >= 0.6 is 0 Å². The van der Waals surface area contributed by atoms with Crippen molar-refractivity contribution in [2.24, 2.45) is 0 Å². The second kappa shape index (κ2) is 10.9. The monoisotopic (exact) mass is 387 g/mol. The maximum atomic E-state index is 12.2. The molecule has 0 aliphatic carbocycles. The van der Waals surface area contributed by atoms with Gasteiger partial charge in [0, 0.05) is 18.6 Å². The van der Waals surface area contributed by atoms with E-state index in [-0.39, 0.29) is 11.9 Å². The van der Waals surface area contributed by atoms with Crippen LogP contribution in [0.15, 0.2) is 34.9 Å². The molecular formula is C22H33N3O3. The third kappa shape index (κ3) is 6.37. The van der Waals surface area contributed by atoms with Gasteiger partial charge in [0.05, 0.1) is 13.2 Å². The Morgan fingerprint density at radius 2 is 1.86 bits per heavy atom. The summed E-state index contributed by atoms with van der Waals surface area (Å²) in [6, 6.07) is 8.63. The van der Waals surface area contributed by atoms with E-state index in [0.717, 1.165) is 25.1 Å². The molecule has 0 unspecified atom stereocenters. The summed E-state index contributed by atoms with van der Waals surface area (Å²) in [5, 5.41) is 2.91. The van der Waals surface area contributed by atoms with Gasteiger partial charge in [0.15, 0.2) is 5.69 Å². The van der Waals surface area contributed by atoms with Crippen molar-refractivity contribution in [3.63, 3.8) is 0 Å². The maximum Gasteiger partial charge on any atom is 0.273 e. The summed E-state index contributed by atoms with van der Waals surface area (Å²) < 4.78 is 11.1. The Kier molecular flexibility index (Phi) is 8.51. The van der Waals surface area contributed by atoms with Crippen LogP contribution in [-0.4, -0.2) is 34.5 Å². The second-order valence-corrected chi connectivity index (χ2v) is 7.15. The Morgan fingerprint density at radius 3 is 2.46 bits per heavy atom. The number of oxazole rings is 1. The number of hydrogen-bond acceptors (Lipinski definition) is 5. The molecular weight excluding hydrogens is 354 g/mol. The topological polar surface area (TPSA) is 67.6 Å². The van der Waals surface area contributed by atoms with Gasteiger partial charge in [0.25, 0.3) is 5.91 Å². The standard InChI is InChI=1S/C22H33N3O3/c1-6-16(4)23-22(26)20-15-28-21(24-20)14-25(17(5)7-2)13-18-9-11-19(12-10-18)27-8-3/h9-12,15-17H,6-8,13-14H2,1-5H3,(H,23,26)/t16-,17+/m0/s1. The molecule has 6 nitrogen and oxygen atoms in total. The van der Waals surface area contributed by atoms with Crippen LogP contribution in [0.1, 0.15) is 69.4 Å². The molecule has 0 aliphatic heterocycles. The fourth-order valence-electron chi connectivity index (χ4n) is 2.78. The van der Waals surface area contributed by atoms with Gasteiger partial charge in [-0.05, 0) is 51.3 Å². The Bertz CT molecular complexity index is 727. The minimum atomic E-state index is -0.189. The summed E-state index contributed by atoms with van der Waals surface area (Å²) in [7, 11) is 0.